The van der Waals surface area contributed by atoms with Gasteiger partial charge in [-0.3, -0.25) is 14.7 Å². The molecule has 0 aliphatic carbocycles. The maximum Gasteiger partial charge on any atom is 0.260 e. The van der Waals surface area contributed by atoms with Gasteiger partial charge in [-0.05, 0) is 48.5 Å². The lowest BCUT2D eigenvalue weighted by molar-refractivity contribution is 0.0984. The van der Waals surface area contributed by atoms with Crippen molar-refractivity contribution in [2.45, 2.75) is 18.4 Å². The highest BCUT2D eigenvalue weighted by Gasteiger charge is 2.25. The average molecular weight is 498 g/mol. The molecule has 0 spiro atoms. The van der Waals surface area contributed by atoms with E-state index in [1.54, 1.807) is 45.5 Å². The molecular weight excluding hydrogens is 474 g/mol. The predicted octanol–water partition coefficient (Wildman–Crippen LogP) is 4.35. The van der Waals surface area contributed by atoms with Crippen molar-refractivity contribution in [3.8, 4) is 11.5 Å². The number of hydrogen-bond donors (Lipinski definition) is 0. The highest BCUT2D eigenvalue weighted by molar-refractivity contribution is 7.91. The van der Waals surface area contributed by atoms with Crippen molar-refractivity contribution in [3.63, 3.8) is 0 Å². The summed E-state index contributed by atoms with van der Waals surface area (Å²) in [6.45, 7) is 1.76. The molecule has 2 aromatic carbocycles. The summed E-state index contributed by atoms with van der Waals surface area (Å²) in [4.78, 5) is 24.4. The van der Waals surface area contributed by atoms with Crippen molar-refractivity contribution in [3.05, 3.63) is 72.1 Å². The Bertz CT molecular complexity index is 1380. The van der Waals surface area contributed by atoms with Crippen molar-refractivity contribution >= 4 is 42.4 Å². The van der Waals surface area contributed by atoms with Gasteiger partial charge in [0.05, 0.1) is 37.1 Å². The van der Waals surface area contributed by atoms with Gasteiger partial charge >= 0.3 is 0 Å². The maximum atomic E-state index is 13.6. The minimum absolute atomic E-state index is 0.0124. The average Bonchev–Trinajstić information content (AvgIpc) is 3.32. The zero-order valence-electron chi connectivity index (χ0n) is 18.9. The molecule has 0 aliphatic rings. The van der Waals surface area contributed by atoms with E-state index in [1.165, 1.54) is 40.5 Å². The molecule has 0 aliphatic heterocycles. The lowest BCUT2D eigenvalue weighted by Gasteiger charge is -2.19. The monoisotopic (exact) mass is 497 g/mol. The molecule has 0 atom stereocenters. The number of carbonyl (C=O) groups is 1. The normalized spacial score (nSPS) is 11.4. The van der Waals surface area contributed by atoms with E-state index in [0.29, 0.717) is 33.4 Å². The molecule has 0 N–H and O–H groups in total. The quantitative estimate of drug-likeness (QED) is 0.357. The Kier molecular flexibility index (Phi) is 6.80. The Morgan fingerprint density at radius 1 is 1.00 bits per heavy atom. The molecule has 8 nitrogen and oxygen atoms in total. The van der Waals surface area contributed by atoms with Gasteiger partial charge < -0.3 is 9.47 Å². The summed E-state index contributed by atoms with van der Waals surface area (Å²) in [6, 6.07) is 15.0. The van der Waals surface area contributed by atoms with Crippen LogP contribution in [0, 0.1) is 0 Å². The van der Waals surface area contributed by atoms with Crippen LogP contribution in [0.3, 0.4) is 0 Å². The molecule has 2 aromatic heterocycles. The number of anilines is 1. The van der Waals surface area contributed by atoms with Crippen LogP contribution in [0.1, 0.15) is 23.0 Å². The number of rotatable bonds is 8. The van der Waals surface area contributed by atoms with E-state index in [1.807, 2.05) is 12.1 Å². The van der Waals surface area contributed by atoms with E-state index >= 15 is 0 Å². The van der Waals surface area contributed by atoms with Gasteiger partial charge in [0.1, 0.15) is 21.7 Å². The van der Waals surface area contributed by atoms with Gasteiger partial charge in [0, 0.05) is 11.8 Å². The summed E-state index contributed by atoms with van der Waals surface area (Å²) < 4.78 is 36.0. The largest absolute Gasteiger partial charge is 0.495 e. The number of aromatic nitrogens is 2. The second-order valence-corrected chi connectivity index (χ2v) is 10.5. The molecule has 1 amide bonds. The maximum absolute atomic E-state index is 13.6. The molecule has 4 aromatic rings. The van der Waals surface area contributed by atoms with Crippen molar-refractivity contribution in [2.75, 3.05) is 24.9 Å². The van der Waals surface area contributed by atoms with E-state index in [9.17, 15) is 13.2 Å². The van der Waals surface area contributed by atoms with Crippen LogP contribution in [0.2, 0.25) is 0 Å². The number of ether oxygens (including phenoxy) is 2. The molecule has 176 valence electrons. The Balaban J connectivity index is 1.79. The summed E-state index contributed by atoms with van der Waals surface area (Å²) in [5, 5.41) is 0.443. The number of pyridine rings is 1. The predicted molar refractivity (Wildman–Crippen MR) is 132 cm³/mol. The van der Waals surface area contributed by atoms with E-state index in [4.69, 9.17) is 14.5 Å². The molecule has 10 heteroatoms. The number of hydrogen-bond acceptors (Lipinski definition) is 8. The van der Waals surface area contributed by atoms with Gasteiger partial charge in [0.25, 0.3) is 5.91 Å². The van der Waals surface area contributed by atoms with Crippen molar-refractivity contribution in [1.82, 2.24) is 9.97 Å². The van der Waals surface area contributed by atoms with E-state index in [2.05, 4.69) is 4.98 Å². The zero-order valence-corrected chi connectivity index (χ0v) is 20.5. The lowest BCUT2D eigenvalue weighted by Crippen LogP contribution is -2.30. The van der Waals surface area contributed by atoms with Gasteiger partial charge in [-0.15, -0.1) is 0 Å². The Hall–Kier alpha value is -3.50. The highest BCUT2D eigenvalue weighted by atomic mass is 32.2. The number of fused-ring (bicyclic) bond motifs is 1. The first-order chi connectivity index (χ1) is 16.4. The van der Waals surface area contributed by atoms with Crippen LogP contribution in [0.15, 0.2) is 65.7 Å². The number of thiazole rings is 1. The first-order valence-electron chi connectivity index (χ1n) is 10.4. The first-order valence-corrected chi connectivity index (χ1v) is 12.9. The summed E-state index contributed by atoms with van der Waals surface area (Å²) in [6.07, 6.45) is 1.66. The van der Waals surface area contributed by atoms with Crippen molar-refractivity contribution < 1.29 is 22.7 Å². The van der Waals surface area contributed by atoms with Crippen LogP contribution in [0.4, 0.5) is 5.13 Å². The number of amides is 1. The van der Waals surface area contributed by atoms with Gasteiger partial charge in [-0.25, -0.2) is 13.4 Å². The fourth-order valence-corrected chi connectivity index (χ4v) is 5.35. The van der Waals surface area contributed by atoms with Crippen LogP contribution in [0.5, 0.6) is 11.5 Å². The Morgan fingerprint density at radius 2 is 1.71 bits per heavy atom. The molecule has 2 heterocycles. The van der Waals surface area contributed by atoms with Crippen molar-refractivity contribution in [1.29, 1.82) is 0 Å². The standard InChI is InChI=1S/C24H23N3O5S2/c1-4-34(29,30)18-10-8-16(9-11-18)23(28)27(15-17-7-5-6-14-25-17)24-26-21-19(31-2)12-13-20(32-3)22(21)33-24/h5-14H,4,15H2,1-3H3. The highest BCUT2D eigenvalue weighted by Crippen LogP contribution is 2.40. The summed E-state index contributed by atoms with van der Waals surface area (Å²) in [5.41, 5.74) is 1.61. The SMILES string of the molecule is CCS(=O)(=O)c1ccc(C(=O)N(Cc2ccccn2)c2nc3c(OC)ccc(OC)c3s2)cc1. The van der Waals surface area contributed by atoms with Crippen LogP contribution in [0.25, 0.3) is 10.2 Å². The van der Waals surface area contributed by atoms with Gasteiger partial charge in [0.2, 0.25) is 0 Å². The second-order valence-electron chi connectivity index (χ2n) is 7.28. The fraction of sp³-hybridized carbons (Fsp3) is 0.208. The molecule has 34 heavy (non-hydrogen) atoms. The van der Waals surface area contributed by atoms with Crippen molar-refractivity contribution in [2.24, 2.45) is 0 Å². The molecule has 4 rings (SSSR count). The molecule has 0 bridgehead atoms. The summed E-state index contributed by atoms with van der Waals surface area (Å²) in [5.74, 6) is 0.848. The smallest absolute Gasteiger partial charge is 0.260 e. The minimum atomic E-state index is -3.37. The number of sulfone groups is 1. The van der Waals surface area contributed by atoms with Gasteiger partial charge in [-0.1, -0.05) is 24.3 Å². The van der Waals surface area contributed by atoms with Crippen LogP contribution < -0.4 is 14.4 Å². The van der Waals surface area contributed by atoms with E-state index in [-0.39, 0.29) is 23.1 Å². The number of methoxy groups -OCH3 is 2. The molecule has 0 saturated carbocycles. The minimum Gasteiger partial charge on any atom is -0.495 e. The molecule has 0 saturated heterocycles. The topological polar surface area (TPSA) is 98.7 Å². The number of benzene rings is 2. The van der Waals surface area contributed by atoms with Crippen LogP contribution in [-0.2, 0) is 16.4 Å². The molecule has 0 radical (unpaired) electrons. The third kappa shape index (κ3) is 4.59. The van der Waals surface area contributed by atoms with E-state index < -0.39 is 9.84 Å². The molecule has 0 fully saturated rings. The van der Waals surface area contributed by atoms with E-state index in [0.717, 1.165) is 4.70 Å². The zero-order chi connectivity index (χ0) is 24.3. The Morgan fingerprint density at radius 3 is 2.32 bits per heavy atom. The lowest BCUT2D eigenvalue weighted by atomic mass is 10.2. The number of carbonyl (C=O) groups excluding carboxylic acids is 1. The first kappa shape index (κ1) is 23.7. The summed E-state index contributed by atoms with van der Waals surface area (Å²) in [7, 11) is -0.236. The number of nitrogens with zero attached hydrogens (tertiary/aromatic N) is 3. The third-order valence-electron chi connectivity index (χ3n) is 5.26. The fourth-order valence-electron chi connectivity index (χ4n) is 3.40. The van der Waals surface area contributed by atoms with Crippen LogP contribution in [-0.4, -0.2) is 44.3 Å². The third-order valence-corrected chi connectivity index (χ3v) is 8.11. The molecule has 0 unspecified atom stereocenters. The van der Waals surface area contributed by atoms with Crippen LogP contribution >= 0.6 is 11.3 Å². The van der Waals surface area contributed by atoms with Gasteiger partial charge in [0.15, 0.2) is 15.0 Å². The second kappa shape index (κ2) is 9.78. The van der Waals surface area contributed by atoms with Gasteiger partial charge in [-0.2, -0.15) is 0 Å². The Labute approximate surface area is 201 Å². The summed E-state index contributed by atoms with van der Waals surface area (Å²) >= 11 is 1.30. The molecular formula is C24H23N3O5S2.